The Balaban J connectivity index is 1.62. The van der Waals surface area contributed by atoms with E-state index < -0.39 is 0 Å². The van der Waals surface area contributed by atoms with Gasteiger partial charge in [0.05, 0.1) is 24.4 Å². The predicted molar refractivity (Wildman–Crippen MR) is 133 cm³/mol. The maximum Gasteiger partial charge on any atom is 0.256 e. The van der Waals surface area contributed by atoms with Crippen molar-refractivity contribution in [3.63, 3.8) is 0 Å². The van der Waals surface area contributed by atoms with Crippen LogP contribution in [0.1, 0.15) is 11.1 Å². The fourth-order valence-electron chi connectivity index (χ4n) is 3.72. The third kappa shape index (κ3) is 5.35. The van der Waals surface area contributed by atoms with Crippen molar-refractivity contribution in [2.45, 2.75) is 0 Å². The normalized spacial score (nSPS) is 13.9. The minimum absolute atomic E-state index is 0.0383. The lowest BCUT2D eigenvalue weighted by molar-refractivity contribution is -0.120. The van der Waals surface area contributed by atoms with Crippen LogP contribution in [0.25, 0.3) is 11.6 Å². The fourth-order valence-corrected chi connectivity index (χ4v) is 4.02. The molecule has 0 saturated carbocycles. The molecule has 2 N–H and O–H groups in total. The molecule has 7 heteroatoms. The minimum Gasteiger partial charge on any atom is -0.496 e. The number of nitrogens with one attached hydrogen (secondary N) is 2. The van der Waals surface area contributed by atoms with Crippen molar-refractivity contribution in [1.29, 1.82) is 0 Å². The molecule has 1 aliphatic heterocycles. The number of carbonyl (C=O) groups is 2. The summed E-state index contributed by atoms with van der Waals surface area (Å²) >= 11 is 6.50. The molecule has 1 saturated heterocycles. The van der Waals surface area contributed by atoms with Crippen molar-refractivity contribution < 1.29 is 14.3 Å². The summed E-state index contributed by atoms with van der Waals surface area (Å²) in [6.07, 6.45) is 1.81. The lowest BCUT2D eigenvalue weighted by atomic mass is 10.0. The average Bonchev–Trinajstić information content (AvgIpc) is 2.83. The summed E-state index contributed by atoms with van der Waals surface area (Å²) in [5, 5.41) is 6.22. The summed E-state index contributed by atoms with van der Waals surface area (Å²) in [4.78, 5) is 27.0. The molecule has 3 aromatic rings. The molecule has 0 bridgehead atoms. The van der Waals surface area contributed by atoms with E-state index in [0.717, 1.165) is 16.8 Å². The number of methoxy groups -OCH3 is 1. The Bertz CT molecular complexity index is 1190. The molecule has 3 aromatic carbocycles. The molecule has 33 heavy (non-hydrogen) atoms. The van der Waals surface area contributed by atoms with Crippen molar-refractivity contribution in [3.05, 3.63) is 88.9 Å². The molecule has 6 nitrogen and oxygen atoms in total. The van der Waals surface area contributed by atoms with Crippen molar-refractivity contribution in [2.24, 2.45) is 0 Å². The van der Waals surface area contributed by atoms with E-state index in [9.17, 15) is 9.59 Å². The van der Waals surface area contributed by atoms with Crippen LogP contribution in [-0.4, -0.2) is 38.6 Å². The van der Waals surface area contributed by atoms with Gasteiger partial charge in [-0.3, -0.25) is 9.59 Å². The standard InChI is InChI=1S/C26H24ClN3O3/c1-33-24-10-6-5-9-19(24)15-21(18-7-3-2-4-8-18)26(32)29-20-11-12-23(22(27)16-20)30-14-13-28-25(31)17-30/h2-12,15-16H,13-14,17H2,1H3,(H,28,31)(H,29,32). The number of halogens is 1. The van der Waals surface area contributed by atoms with E-state index in [1.54, 1.807) is 19.2 Å². The third-order valence-corrected chi connectivity index (χ3v) is 5.66. The smallest absolute Gasteiger partial charge is 0.256 e. The van der Waals surface area contributed by atoms with Crippen molar-refractivity contribution in [2.75, 3.05) is 37.0 Å². The minimum atomic E-state index is -0.270. The molecular weight excluding hydrogens is 438 g/mol. The maximum atomic E-state index is 13.3. The zero-order valence-corrected chi connectivity index (χ0v) is 18.9. The summed E-state index contributed by atoms with van der Waals surface area (Å²) in [6, 6.07) is 22.3. The van der Waals surface area contributed by atoms with E-state index in [-0.39, 0.29) is 18.4 Å². The van der Waals surface area contributed by atoms with Gasteiger partial charge >= 0.3 is 0 Å². The van der Waals surface area contributed by atoms with E-state index in [2.05, 4.69) is 10.6 Å². The molecular formula is C26H24ClN3O3. The molecule has 0 spiro atoms. The quantitative estimate of drug-likeness (QED) is 0.420. The number of nitrogens with zero attached hydrogens (tertiary/aromatic N) is 1. The number of amides is 2. The second kappa shape index (κ2) is 10.2. The summed E-state index contributed by atoms with van der Waals surface area (Å²) in [5.41, 5.74) is 3.40. The van der Waals surface area contributed by atoms with Crippen LogP contribution in [-0.2, 0) is 9.59 Å². The van der Waals surface area contributed by atoms with Crippen LogP contribution >= 0.6 is 11.6 Å². The highest BCUT2D eigenvalue weighted by Crippen LogP contribution is 2.30. The van der Waals surface area contributed by atoms with Crippen LogP contribution < -0.4 is 20.3 Å². The average molecular weight is 462 g/mol. The second-order valence-electron chi connectivity index (χ2n) is 7.56. The van der Waals surface area contributed by atoms with Gasteiger partial charge < -0.3 is 20.3 Å². The van der Waals surface area contributed by atoms with Gasteiger partial charge in [-0.2, -0.15) is 0 Å². The van der Waals surface area contributed by atoms with Gasteiger partial charge in [0, 0.05) is 29.9 Å². The molecule has 1 fully saturated rings. The van der Waals surface area contributed by atoms with Gasteiger partial charge in [-0.1, -0.05) is 60.1 Å². The first-order valence-corrected chi connectivity index (χ1v) is 11.0. The lowest BCUT2D eigenvalue weighted by Gasteiger charge is -2.29. The largest absolute Gasteiger partial charge is 0.496 e. The van der Waals surface area contributed by atoms with Gasteiger partial charge in [0.15, 0.2) is 0 Å². The SMILES string of the molecule is COc1ccccc1C=C(C(=O)Nc1ccc(N2CCNC(=O)C2)c(Cl)c1)c1ccccc1. The monoisotopic (exact) mass is 461 g/mol. The van der Waals surface area contributed by atoms with Gasteiger partial charge in [-0.25, -0.2) is 0 Å². The van der Waals surface area contributed by atoms with Gasteiger partial charge in [-0.15, -0.1) is 0 Å². The zero-order chi connectivity index (χ0) is 23.2. The van der Waals surface area contributed by atoms with E-state index >= 15 is 0 Å². The van der Waals surface area contributed by atoms with E-state index in [4.69, 9.17) is 16.3 Å². The van der Waals surface area contributed by atoms with E-state index in [1.807, 2.05) is 71.6 Å². The summed E-state index contributed by atoms with van der Waals surface area (Å²) in [7, 11) is 1.60. The number of hydrogen-bond acceptors (Lipinski definition) is 4. The summed E-state index contributed by atoms with van der Waals surface area (Å²) in [5.74, 6) is 0.369. The highest BCUT2D eigenvalue weighted by atomic mass is 35.5. The first-order chi connectivity index (χ1) is 16.0. The number of ether oxygens (including phenoxy) is 1. The van der Waals surface area contributed by atoms with Crippen LogP contribution in [0.4, 0.5) is 11.4 Å². The molecule has 0 aliphatic carbocycles. The van der Waals surface area contributed by atoms with Gasteiger partial charge in [-0.05, 0) is 35.9 Å². The maximum absolute atomic E-state index is 13.3. The van der Waals surface area contributed by atoms with Crippen molar-refractivity contribution in [3.8, 4) is 5.75 Å². The van der Waals surface area contributed by atoms with Crippen LogP contribution in [0, 0.1) is 0 Å². The van der Waals surface area contributed by atoms with Gasteiger partial charge in [0.1, 0.15) is 5.75 Å². The molecule has 0 aromatic heterocycles. The van der Waals surface area contributed by atoms with Crippen molar-refractivity contribution >= 4 is 46.4 Å². The van der Waals surface area contributed by atoms with Crippen LogP contribution in [0.15, 0.2) is 72.8 Å². The Labute approximate surface area is 197 Å². The molecule has 168 valence electrons. The second-order valence-corrected chi connectivity index (χ2v) is 7.97. The summed E-state index contributed by atoms with van der Waals surface area (Å²) < 4.78 is 5.45. The number of piperazine rings is 1. The molecule has 2 amide bonds. The zero-order valence-electron chi connectivity index (χ0n) is 18.2. The Morgan fingerprint density at radius 2 is 1.85 bits per heavy atom. The Hall–Kier alpha value is -3.77. The van der Waals surface area contributed by atoms with Crippen molar-refractivity contribution in [1.82, 2.24) is 5.32 Å². The van der Waals surface area contributed by atoms with Crippen LogP contribution in [0.3, 0.4) is 0 Å². The highest BCUT2D eigenvalue weighted by molar-refractivity contribution is 6.34. The third-order valence-electron chi connectivity index (χ3n) is 5.35. The number of anilines is 2. The molecule has 0 radical (unpaired) electrons. The molecule has 0 atom stereocenters. The first-order valence-electron chi connectivity index (χ1n) is 10.6. The highest BCUT2D eigenvalue weighted by Gasteiger charge is 2.19. The molecule has 0 unspecified atom stereocenters. The van der Waals surface area contributed by atoms with Gasteiger partial charge in [0.25, 0.3) is 5.91 Å². The first kappa shape index (κ1) is 22.4. The Morgan fingerprint density at radius 3 is 2.58 bits per heavy atom. The van der Waals surface area contributed by atoms with Gasteiger partial charge in [0.2, 0.25) is 5.91 Å². The summed E-state index contributed by atoms with van der Waals surface area (Å²) in [6.45, 7) is 1.50. The number of hydrogen-bond donors (Lipinski definition) is 2. The van der Waals surface area contributed by atoms with E-state index in [1.165, 1.54) is 0 Å². The topological polar surface area (TPSA) is 70.7 Å². The van der Waals surface area contributed by atoms with Crippen LogP contribution in [0.2, 0.25) is 5.02 Å². The Kier molecular flexibility index (Phi) is 6.95. The molecule has 1 heterocycles. The number of benzene rings is 3. The molecule has 1 aliphatic rings. The number of carbonyl (C=O) groups excluding carboxylic acids is 2. The lowest BCUT2D eigenvalue weighted by Crippen LogP contribution is -2.47. The van der Waals surface area contributed by atoms with Crippen LogP contribution in [0.5, 0.6) is 5.75 Å². The molecule has 4 rings (SSSR count). The van der Waals surface area contributed by atoms with E-state index in [0.29, 0.717) is 35.1 Å². The number of para-hydroxylation sites is 1. The predicted octanol–water partition coefficient (Wildman–Crippen LogP) is 4.46. The fraction of sp³-hybridized carbons (Fsp3) is 0.154. The Morgan fingerprint density at radius 1 is 1.09 bits per heavy atom. The number of rotatable bonds is 6.